The van der Waals surface area contributed by atoms with E-state index in [-0.39, 0.29) is 23.8 Å². The number of hydrogen-bond donors (Lipinski definition) is 3. The second-order valence-electron chi connectivity index (χ2n) is 6.84. The molecule has 1 aliphatic rings. The molecule has 3 N–H and O–H groups in total. The molecule has 150 valence electrons. The van der Waals surface area contributed by atoms with Crippen molar-refractivity contribution >= 4 is 38.9 Å². The molecular weight excluding hydrogens is 395 g/mol. The first-order valence-corrected chi connectivity index (χ1v) is 9.98. The fourth-order valence-electron chi connectivity index (χ4n) is 3.20. The monoisotopic (exact) mass is 414 g/mol. The number of anilines is 1. The van der Waals surface area contributed by atoms with Crippen molar-refractivity contribution in [1.82, 2.24) is 5.32 Å². The molecule has 8 heteroatoms. The van der Waals surface area contributed by atoms with Crippen LogP contribution in [0.2, 0.25) is 0 Å². The lowest BCUT2D eigenvalue weighted by atomic mass is 10.1. The minimum absolute atomic E-state index is 0.0504. The number of carbonyl (C=O) groups is 2. The van der Waals surface area contributed by atoms with E-state index in [0.29, 0.717) is 17.9 Å². The predicted molar refractivity (Wildman–Crippen MR) is 109 cm³/mol. The number of nitrogens with one attached hydrogen (secondary N) is 2. The first kappa shape index (κ1) is 19.5. The molecule has 3 aromatic rings. The molecule has 0 spiro atoms. The summed E-state index contributed by atoms with van der Waals surface area (Å²) in [6, 6.07) is 12.5. The van der Waals surface area contributed by atoms with E-state index in [1.54, 1.807) is 6.07 Å². The van der Waals surface area contributed by atoms with E-state index < -0.39 is 23.9 Å². The molecule has 2 heterocycles. The number of benzene rings is 2. The molecule has 0 saturated carbocycles. The summed E-state index contributed by atoms with van der Waals surface area (Å²) in [6.07, 6.45) is -0.293. The Morgan fingerprint density at radius 3 is 2.76 bits per heavy atom. The van der Waals surface area contributed by atoms with Gasteiger partial charge in [-0.3, -0.25) is 9.59 Å². The van der Waals surface area contributed by atoms with Crippen LogP contribution in [-0.2, 0) is 4.74 Å². The molecule has 1 fully saturated rings. The number of rotatable bonds is 4. The van der Waals surface area contributed by atoms with Crippen LogP contribution < -0.4 is 10.6 Å². The summed E-state index contributed by atoms with van der Waals surface area (Å²) in [5.41, 5.74) is 0.229. The first-order valence-electron chi connectivity index (χ1n) is 9.17. The van der Waals surface area contributed by atoms with Gasteiger partial charge in [0, 0.05) is 22.6 Å². The van der Waals surface area contributed by atoms with E-state index in [1.165, 1.54) is 17.4 Å². The number of halogens is 1. The number of fused-ring (bicyclic) bond motifs is 1. The quantitative estimate of drug-likeness (QED) is 0.612. The molecule has 0 unspecified atom stereocenters. The van der Waals surface area contributed by atoms with E-state index >= 15 is 0 Å². The molecule has 1 saturated heterocycles. The van der Waals surface area contributed by atoms with Gasteiger partial charge in [0.15, 0.2) is 0 Å². The van der Waals surface area contributed by atoms with E-state index in [1.807, 2.05) is 24.3 Å². The van der Waals surface area contributed by atoms with Crippen LogP contribution >= 0.6 is 11.3 Å². The summed E-state index contributed by atoms with van der Waals surface area (Å²) in [7, 11) is 0. The lowest BCUT2D eigenvalue weighted by molar-refractivity contribution is -0.0140. The summed E-state index contributed by atoms with van der Waals surface area (Å²) < 4.78 is 20.3. The highest BCUT2D eigenvalue weighted by atomic mass is 32.1. The van der Waals surface area contributed by atoms with Crippen molar-refractivity contribution in [2.24, 2.45) is 0 Å². The van der Waals surface area contributed by atoms with Crippen LogP contribution in [0.5, 0.6) is 0 Å². The van der Waals surface area contributed by atoms with Gasteiger partial charge in [0.25, 0.3) is 11.8 Å². The van der Waals surface area contributed by atoms with Gasteiger partial charge in [0.05, 0.1) is 23.6 Å². The van der Waals surface area contributed by atoms with Crippen molar-refractivity contribution in [2.75, 3.05) is 18.5 Å². The highest BCUT2D eigenvalue weighted by Gasteiger charge is 2.26. The molecule has 2 amide bonds. The minimum Gasteiger partial charge on any atom is -0.391 e. The Hall–Kier alpha value is -2.81. The fourth-order valence-corrected chi connectivity index (χ4v) is 4.15. The van der Waals surface area contributed by atoms with Crippen LogP contribution in [0.1, 0.15) is 26.5 Å². The smallest absolute Gasteiger partial charge is 0.265 e. The molecule has 29 heavy (non-hydrogen) atoms. The molecule has 0 aliphatic carbocycles. The number of amides is 2. The number of hydrogen-bond acceptors (Lipinski definition) is 5. The summed E-state index contributed by atoms with van der Waals surface area (Å²) in [5, 5.41) is 16.2. The highest BCUT2D eigenvalue weighted by molar-refractivity contribution is 7.20. The van der Waals surface area contributed by atoms with Gasteiger partial charge >= 0.3 is 0 Å². The summed E-state index contributed by atoms with van der Waals surface area (Å²) in [4.78, 5) is 25.5. The van der Waals surface area contributed by atoms with Crippen LogP contribution in [0.4, 0.5) is 10.1 Å². The average molecular weight is 414 g/mol. The van der Waals surface area contributed by atoms with Crippen LogP contribution in [0.25, 0.3) is 10.1 Å². The highest BCUT2D eigenvalue weighted by Crippen LogP contribution is 2.26. The topological polar surface area (TPSA) is 87.7 Å². The number of aliphatic hydroxyl groups excluding tert-OH is 1. The van der Waals surface area contributed by atoms with Crippen molar-refractivity contribution in [3.63, 3.8) is 0 Å². The zero-order valence-corrected chi connectivity index (χ0v) is 16.2. The number of carbonyl (C=O) groups excluding carboxylic acids is 2. The second kappa shape index (κ2) is 8.28. The van der Waals surface area contributed by atoms with Gasteiger partial charge in [-0.2, -0.15) is 0 Å². The van der Waals surface area contributed by atoms with Gasteiger partial charge in [-0.25, -0.2) is 4.39 Å². The van der Waals surface area contributed by atoms with Crippen LogP contribution in [0.15, 0.2) is 48.5 Å². The van der Waals surface area contributed by atoms with Crippen molar-refractivity contribution < 1.29 is 23.8 Å². The van der Waals surface area contributed by atoms with Gasteiger partial charge in [-0.15, -0.1) is 11.3 Å². The Labute approximate surface area is 170 Å². The van der Waals surface area contributed by atoms with Crippen molar-refractivity contribution in [3.05, 3.63) is 64.8 Å². The van der Waals surface area contributed by atoms with Gasteiger partial charge in [-0.05, 0) is 42.1 Å². The van der Waals surface area contributed by atoms with E-state index in [4.69, 9.17) is 4.74 Å². The molecule has 2 atom stereocenters. The normalized spacial score (nSPS) is 19.1. The Balaban J connectivity index is 1.50. The van der Waals surface area contributed by atoms with Crippen LogP contribution in [0.3, 0.4) is 0 Å². The minimum atomic E-state index is -0.714. The zero-order chi connectivity index (χ0) is 20.4. The molecule has 6 nitrogen and oxygen atoms in total. The number of aliphatic hydroxyl groups is 1. The maximum absolute atomic E-state index is 14.1. The molecule has 1 aromatic heterocycles. The van der Waals surface area contributed by atoms with Crippen molar-refractivity contribution in [1.29, 1.82) is 0 Å². The Morgan fingerprint density at radius 2 is 1.97 bits per heavy atom. The van der Waals surface area contributed by atoms with Gasteiger partial charge < -0.3 is 20.5 Å². The maximum Gasteiger partial charge on any atom is 0.265 e. The lowest BCUT2D eigenvalue weighted by Gasteiger charge is -2.28. The standard InChI is InChI=1S/C21H19FN2O4S/c22-14-7-13(20(26)24-16-11-28-6-5-17(16)25)8-15(10-14)23-21(27)19-9-12-3-1-2-4-18(12)29-19/h1-4,7-10,16-17,25H,5-6,11H2,(H,23,27)(H,24,26)/t16-,17-/m1/s1. The van der Waals surface area contributed by atoms with E-state index in [9.17, 15) is 19.1 Å². The van der Waals surface area contributed by atoms with Gasteiger partial charge in [-0.1, -0.05) is 18.2 Å². The molecule has 4 rings (SSSR count). The SMILES string of the molecule is O=C(N[C@@H]1COCC[C@H]1O)c1cc(F)cc(NC(=O)c2cc3ccccc3s2)c1. The second-order valence-corrected chi connectivity index (χ2v) is 7.93. The van der Waals surface area contributed by atoms with Gasteiger partial charge in [0.1, 0.15) is 5.82 Å². The molecule has 1 aliphatic heterocycles. The summed E-state index contributed by atoms with van der Waals surface area (Å²) >= 11 is 1.34. The molecule has 0 radical (unpaired) electrons. The van der Waals surface area contributed by atoms with Crippen LogP contribution in [0, 0.1) is 5.82 Å². The predicted octanol–water partition coefficient (Wildman–Crippen LogP) is 3.17. The first-order chi connectivity index (χ1) is 14.0. The number of ether oxygens (including phenoxy) is 1. The Bertz CT molecular complexity index is 1030. The summed E-state index contributed by atoms with van der Waals surface area (Å²) in [6.45, 7) is 0.624. The Morgan fingerprint density at radius 1 is 1.14 bits per heavy atom. The number of thiophene rings is 1. The molecule has 0 bridgehead atoms. The lowest BCUT2D eigenvalue weighted by Crippen LogP contribution is -2.49. The average Bonchev–Trinajstić information content (AvgIpc) is 3.14. The fraction of sp³-hybridized carbons (Fsp3) is 0.238. The van der Waals surface area contributed by atoms with Crippen molar-refractivity contribution in [3.8, 4) is 0 Å². The molecular formula is C21H19FN2O4S. The third-order valence-corrected chi connectivity index (χ3v) is 5.82. The van der Waals surface area contributed by atoms with E-state index in [2.05, 4.69) is 10.6 Å². The molecule has 2 aromatic carbocycles. The van der Waals surface area contributed by atoms with Crippen LogP contribution in [-0.4, -0.2) is 42.3 Å². The largest absolute Gasteiger partial charge is 0.391 e. The third kappa shape index (κ3) is 4.45. The van der Waals surface area contributed by atoms with E-state index in [0.717, 1.165) is 22.2 Å². The summed E-state index contributed by atoms with van der Waals surface area (Å²) in [5.74, 6) is -1.57. The van der Waals surface area contributed by atoms with Crippen molar-refractivity contribution in [2.45, 2.75) is 18.6 Å². The Kier molecular flexibility index (Phi) is 5.57. The zero-order valence-electron chi connectivity index (χ0n) is 15.4. The van der Waals surface area contributed by atoms with Gasteiger partial charge in [0.2, 0.25) is 0 Å². The maximum atomic E-state index is 14.1. The third-order valence-electron chi connectivity index (χ3n) is 4.70.